The summed E-state index contributed by atoms with van der Waals surface area (Å²) in [4.78, 5) is 0. The van der Waals surface area contributed by atoms with Crippen LogP contribution in [0.15, 0.2) is 0 Å². The maximum absolute atomic E-state index is 11.3. The number of aliphatic hydroxyl groups excluding tert-OH is 1. The summed E-state index contributed by atoms with van der Waals surface area (Å²) in [7, 11) is 1.51. The molecule has 64 valence electrons. The Labute approximate surface area is 60.2 Å². The summed E-state index contributed by atoms with van der Waals surface area (Å²) >= 11 is 0. The molecule has 0 aliphatic rings. The van der Waals surface area contributed by atoms with E-state index in [-0.39, 0.29) is 6.54 Å². The fourth-order valence-corrected chi connectivity index (χ4v) is 0.298. The van der Waals surface area contributed by atoms with Crippen LogP contribution in [0.5, 0.6) is 0 Å². The molecule has 0 radical (unpaired) electrons. The van der Waals surface area contributed by atoms with Crippen LogP contribution in [0.2, 0.25) is 0 Å². The summed E-state index contributed by atoms with van der Waals surface area (Å²) in [6.45, 7) is 3.94. The van der Waals surface area contributed by atoms with Crippen LogP contribution in [0.3, 0.4) is 0 Å². The zero-order valence-electron chi connectivity index (χ0n) is 6.56. The second kappa shape index (κ2) is 8.78. The predicted molar refractivity (Wildman–Crippen MR) is 37.3 cm³/mol. The zero-order valence-corrected chi connectivity index (χ0v) is 6.56. The molecular formula is C6H15F2NO. The van der Waals surface area contributed by atoms with Crippen LogP contribution in [-0.4, -0.2) is 31.2 Å². The molecule has 0 spiro atoms. The number of likely N-dealkylation sites (N-methyl/N-ethyl adjacent to an activating group) is 1. The number of nitrogens with one attached hydrogen (secondary N) is 1. The maximum Gasteiger partial charge on any atom is 0.265 e. The lowest BCUT2D eigenvalue weighted by atomic mass is 10.4. The Bertz CT molecular complexity index is 61.7. The molecule has 0 fully saturated rings. The zero-order chi connectivity index (χ0) is 8.57. The van der Waals surface area contributed by atoms with E-state index >= 15 is 0 Å². The second-order valence-electron chi connectivity index (χ2n) is 1.46. The number of hydrogen-bond acceptors (Lipinski definition) is 2. The number of rotatable bonds is 3. The number of hydrogen-bond donors (Lipinski definition) is 2. The fraction of sp³-hybridized carbons (Fsp3) is 1.00. The van der Waals surface area contributed by atoms with Crippen molar-refractivity contribution in [3.05, 3.63) is 0 Å². The van der Waals surface area contributed by atoms with Gasteiger partial charge in [-0.25, -0.2) is 8.78 Å². The van der Waals surface area contributed by atoms with E-state index in [1.54, 1.807) is 0 Å². The van der Waals surface area contributed by atoms with Gasteiger partial charge in [-0.1, -0.05) is 13.8 Å². The second-order valence-corrected chi connectivity index (χ2v) is 1.46. The van der Waals surface area contributed by atoms with Gasteiger partial charge >= 0.3 is 0 Å². The first-order valence-corrected chi connectivity index (χ1v) is 3.29. The Morgan fingerprint density at radius 1 is 1.40 bits per heavy atom. The third-order valence-electron chi connectivity index (χ3n) is 0.704. The van der Waals surface area contributed by atoms with Crippen LogP contribution < -0.4 is 5.32 Å². The minimum absolute atomic E-state index is 0.0579. The third-order valence-corrected chi connectivity index (χ3v) is 0.704. The van der Waals surface area contributed by atoms with Crippen LogP contribution in [0.25, 0.3) is 0 Å². The Kier molecular flexibility index (Phi) is 10.9. The maximum atomic E-state index is 11.3. The van der Waals surface area contributed by atoms with E-state index in [2.05, 4.69) is 5.32 Å². The van der Waals surface area contributed by atoms with Gasteiger partial charge in [0, 0.05) is 6.54 Å². The van der Waals surface area contributed by atoms with Gasteiger partial charge in [0.2, 0.25) is 0 Å². The highest BCUT2D eigenvalue weighted by Crippen LogP contribution is 1.97. The van der Waals surface area contributed by atoms with Crippen molar-refractivity contribution in [3.63, 3.8) is 0 Å². The van der Waals surface area contributed by atoms with Gasteiger partial charge < -0.3 is 10.4 Å². The van der Waals surface area contributed by atoms with E-state index < -0.39 is 12.5 Å². The lowest BCUT2D eigenvalue weighted by Crippen LogP contribution is -2.29. The first kappa shape index (κ1) is 12.5. The van der Waals surface area contributed by atoms with E-state index in [0.717, 1.165) is 0 Å². The fourth-order valence-electron chi connectivity index (χ4n) is 0.298. The lowest BCUT2D eigenvalue weighted by Gasteiger charge is -2.06. The summed E-state index contributed by atoms with van der Waals surface area (Å²) in [5.41, 5.74) is 0. The molecule has 0 aromatic rings. The van der Waals surface area contributed by atoms with E-state index in [1.165, 1.54) is 7.05 Å². The van der Waals surface area contributed by atoms with Crippen molar-refractivity contribution in [2.45, 2.75) is 26.4 Å². The monoisotopic (exact) mass is 155 g/mol. The molecule has 0 aliphatic heterocycles. The van der Waals surface area contributed by atoms with E-state index in [0.29, 0.717) is 0 Å². The summed E-state index contributed by atoms with van der Waals surface area (Å²) in [5.74, 6) is 0. The quantitative estimate of drug-likeness (QED) is 0.633. The SMILES string of the molecule is CC.CNCC(O)C(F)F. The van der Waals surface area contributed by atoms with Crippen LogP contribution in [0.1, 0.15) is 13.8 Å². The van der Waals surface area contributed by atoms with Crippen molar-refractivity contribution in [2.75, 3.05) is 13.6 Å². The standard InChI is InChI=1S/C4H9F2NO.C2H6/c1-7-2-3(8)4(5)6;1-2/h3-4,7-8H,2H2,1H3;1-2H3. The largest absolute Gasteiger partial charge is 0.386 e. The molecule has 4 heteroatoms. The summed E-state index contributed by atoms with van der Waals surface area (Å²) in [6.07, 6.45) is -4.16. The Balaban J connectivity index is 0. The molecule has 0 saturated heterocycles. The van der Waals surface area contributed by atoms with Crippen LogP contribution in [0, 0.1) is 0 Å². The van der Waals surface area contributed by atoms with Gasteiger partial charge in [-0.3, -0.25) is 0 Å². The number of alkyl halides is 2. The van der Waals surface area contributed by atoms with Crippen molar-refractivity contribution in [1.82, 2.24) is 5.32 Å². The minimum Gasteiger partial charge on any atom is -0.386 e. The summed E-state index contributed by atoms with van der Waals surface area (Å²) in [5, 5.41) is 10.7. The third kappa shape index (κ3) is 7.78. The van der Waals surface area contributed by atoms with E-state index in [9.17, 15) is 8.78 Å². The highest BCUT2D eigenvalue weighted by molar-refractivity contribution is 4.57. The molecule has 0 aromatic carbocycles. The van der Waals surface area contributed by atoms with Gasteiger partial charge in [0.05, 0.1) is 0 Å². The minimum atomic E-state index is -2.64. The van der Waals surface area contributed by atoms with Crippen LogP contribution >= 0.6 is 0 Å². The van der Waals surface area contributed by atoms with Crippen LogP contribution in [-0.2, 0) is 0 Å². The summed E-state index contributed by atoms with van der Waals surface area (Å²) in [6, 6.07) is 0. The van der Waals surface area contributed by atoms with Crippen molar-refractivity contribution in [1.29, 1.82) is 0 Å². The molecule has 2 N–H and O–H groups in total. The van der Waals surface area contributed by atoms with E-state index in [4.69, 9.17) is 5.11 Å². The smallest absolute Gasteiger partial charge is 0.265 e. The molecule has 1 atom stereocenters. The lowest BCUT2D eigenvalue weighted by molar-refractivity contribution is -0.00226. The van der Waals surface area contributed by atoms with Gasteiger partial charge in [-0.05, 0) is 7.05 Å². The Morgan fingerprint density at radius 2 is 1.80 bits per heavy atom. The summed E-state index contributed by atoms with van der Waals surface area (Å²) < 4.78 is 22.7. The molecule has 0 rings (SSSR count). The molecule has 0 bridgehead atoms. The Morgan fingerprint density at radius 3 is 1.90 bits per heavy atom. The number of halogens is 2. The molecule has 0 aliphatic carbocycles. The van der Waals surface area contributed by atoms with Crippen molar-refractivity contribution in [2.24, 2.45) is 0 Å². The van der Waals surface area contributed by atoms with Crippen molar-refractivity contribution < 1.29 is 13.9 Å². The van der Waals surface area contributed by atoms with Gasteiger partial charge in [0.1, 0.15) is 6.10 Å². The number of aliphatic hydroxyl groups is 1. The first-order valence-electron chi connectivity index (χ1n) is 3.29. The predicted octanol–water partition coefficient (Wildman–Crippen LogP) is 0.858. The Hall–Kier alpha value is -0.220. The average molecular weight is 155 g/mol. The van der Waals surface area contributed by atoms with Gasteiger partial charge in [0.25, 0.3) is 6.43 Å². The molecular weight excluding hydrogens is 140 g/mol. The van der Waals surface area contributed by atoms with Gasteiger partial charge in [0.15, 0.2) is 0 Å². The molecule has 0 saturated carbocycles. The van der Waals surface area contributed by atoms with Crippen molar-refractivity contribution in [3.8, 4) is 0 Å². The molecule has 2 nitrogen and oxygen atoms in total. The molecule has 0 heterocycles. The van der Waals surface area contributed by atoms with Gasteiger partial charge in [-0.15, -0.1) is 0 Å². The molecule has 0 aromatic heterocycles. The normalized spacial score (nSPS) is 12.3. The molecule has 1 unspecified atom stereocenters. The highest BCUT2D eigenvalue weighted by Gasteiger charge is 2.14. The topological polar surface area (TPSA) is 32.3 Å². The van der Waals surface area contributed by atoms with Crippen molar-refractivity contribution >= 4 is 0 Å². The molecule has 10 heavy (non-hydrogen) atoms. The van der Waals surface area contributed by atoms with Gasteiger partial charge in [-0.2, -0.15) is 0 Å². The van der Waals surface area contributed by atoms with E-state index in [1.807, 2.05) is 13.8 Å². The molecule has 0 amide bonds. The van der Waals surface area contributed by atoms with Crippen LogP contribution in [0.4, 0.5) is 8.78 Å². The average Bonchev–Trinajstić information content (AvgIpc) is 1.93. The highest BCUT2D eigenvalue weighted by atomic mass is 19.3. The first-order chi connectivity index (χ1) is 4.68.